The van der Waals surface area contributed by atoms with Crippen molar-refractivity contribution in [3.8, 4) is 10.8 Å². The van der Waals surface area contributed by atoms with Crippen LogP contribution in [-0.2, 0) is 16.7 Å². The van der Waals surface area contributed by atoms with E-state index in [-0.39, 0.29) is 11.4 Å². The van der Waals surface area contributed by atoms with E-state index < -0.39 is 0 Å². The molecule has 34 heavy (non-hydrogen) atoms. The molecule has 0 aliphatic rings. The SMILES string of the molecule is CCOC(=O)c1c(C)n(Cc2ccc3oc(-c4nc(C(C)(C)C)cs4)cc3c2)c2ccccc12. The van der Waals surface area contributed by atoms with E-state index >= 15 is 0 Å². The average molecular weight is 473 g/mol. The number of nitrogens with zero attached hydrogens (tertiary/aromatic N) is 2. The largest absolute Gasteiger partial charge is 0.462 e. The summed E-state index contributed by atoms with van der Waals surface area (Å²) in [6.45, 7) is 11.3. The van der Waals surface area contributed by atoms with Crippen LogP contribution < -0.4 is 0 Å². The van der Waals surface area contributed by atoms with Crippen LogP contribution in [0.15, 0.2) is 58.3 Å². The number of hydrogen-bond acceptors (Lipinski definition) is 5. The molecular formula is C28H28N2O3S. The summed E-state index contributed by atoms with van der Waals surface area (Å²) in [6.07, 6.45) is 0. The van der Waals surface area contributed by atoms with E-state index in [2.05, 4.69) is 55.0 Å². The summed E-state index contributed by atoms with van der Waals surface area (Å²) in [4.78, 5) is 17.5. The summed E-state index contributed by atoms with van der Waals surface area (Å²) in [5.41, 5.74) is 5.62. The van der Waals surface area contributed by atoms with Gasteiger partial charge in [0.2, 0.25) is 0 Å². The van der Waals surface area contributed by atoms with Crippen molar-refractivity contribution in [1.82, 2.24) is 9.55 Å². The van der Waals surface area contributed by atoms with Crippen LogP contribution in [0.5, 0.6) is 0 Å². The molecule has 3 heterocycles. The van der Waals surface area contributed by atoms with E-state index in [9.17, 15) is 4.79 Å². The molecule has 0 N–H and O–H groups in total. The minimum Gasteiger partial charge on any atom is -0.462 e. The van der Waals surface area contributed by atoms with Gasteiger partial charge in [0.25, 0.3) is 0 Å². The molecule has 0 aliphatic heterocycles. The van der Waals surface area contributed by atoms with Crippen molar-refractivity contribution in [2.75, 3.05) is 6.61 Å². The molecule has 0 amide bonds. The normalized spacial score (nSPS) is 12.0. The maximum atomic E-state index is 12.7. The van der Waals surface area contributed by atoms with Gasteiger partial charge in [-0.05, 0) is 43.7 Å². The van der Waals surface area contributed by atoms with E-state index in [1.165, 1.54) is 0 Å². The zero-order valence-corrected chi connectivity index (χ0v) is 21.0. The Morgan fingerprint density at radius 3 is 2.68 bits per heavy atom. The third kappa shape index (κ3) is 3.92. The molecule has 0 spiro atoms. The van der Waals surface area contributed by atoms with Gasteiger partial charge in [-0.25, -0.2) is 9.78 Å². The van der Waals surface area contributed by atoms with E-state index in [0.717, 1.165) is 49.6 Å². The van der Waals surface area contributed by atoms with Gasteiger partial charge in [-0.1, -0.05) is 45.0 Å². The highest BCUT2D eigenvalue weighted by molar-refractivity contribution is 7.13. The summed E-state index contributed by atoms with van der Waals surface area (Å²) < 4.78 is 13.6. The van der Waals surface area contributed by atoms with Crippen LogP contribution in [0.2, 0.25) is 0 Å². The molecule has 0 saturated carbocycles. The second kappa shape index (κ2) is 8.44. The van der Waals surface area contributed by atoms with Crippen molar-refractivity contribution in [1.29, 1.82) is 0 Å². The van der Waals surface area contributed by atoms with E-state index in [4.69, 9.17) is 14.1 Å². The lowest BCUT2D eigenvalue weighted by Gasteiger charge is -2.13. The van der Waals surface area contributed by atoms with Crippen molar-refractivity contribution < 1.29 is 13.9 Å². The molecule has 0 radical (unpaired) electrons. The van der Waals surface area contributed by atoms with Crippen LogP contribution in [0.4, 0.5) is 0 Å². The summed E-state index contributed by atoms with van der Waals surface area (Å²) in [5.74, 6) is 0.516. The standard InChI is InChI=1S/C28H28N2O3S/c1-6-32-27(31)25-17(2)30(21-10-8-7-9-20(21)25)15-18-11-12-22-19(13-18)14-23(33-22)26-29-24(16-34-26)28(3,4)5/h7-14,16H,6,15H2,1-5H3. The first kappa shape index (κ1) is 22.4. The summed E-state index contributed by atoms with van der Waals surface area (Å²) in [5, 5.41) is 4.96. The number of carbonyl (C=O) groups excluding carboxylic acids is 1. The third-order valence-electron chi connectivity index (χ3n) is 6.12. The molecule has 6 heteroatoms. The highest BCUT2D eigenvalue weighted by atomic mass is 32.1. The minimum atomic E-state index is -0.275. The number of para-hydroxylation sites is 1. The van der Waals surface area contributed by atoms with Gasteiger partial charge >= 0.3 is 5.97 Å². The monoisotopic (exact) mass is 472 g/mol. The Kier molecular flexibility index (Phi) is 5.56. The summed E-state index contributed by atoms with van der Waals surface area (Å²) in [7, 11) is 0. The zero-order valence-electron chi connectivity index (χ0n) is 20.1. The highest BCUT2D eigenvalue weighted by Crippen LogP contribution is 2.34. The Hall–Kier alpha value is -3.38. The number of thiazole rings is 1. The van der Waals surface area contributed by atoms with Gasteiger partial charge in [-0.3, -0.25) is 0 Å². The maximum Gasteiger partial charge on any atom is 0.340 e. The van der Waals surface area contributed by atoms with E-state index in [1.807, 2.05) is 38.1 Å². The Balaban J connectivity index is 1.51. The Morgan fingerprint density at radius 2 is 1.94 bits per heavy atom. The molecule has 5 rings (SSSR count). The van der Waals surface area contributed by atoms with Gasteiger partial charge in [-0.2, -0.15) is 0 Å². The number of fused-ring (bicyclic) bond motifs is 2. The van der Waals surface area contributed by atoms with Crippen molar-refractivity contribution >= 4 is 39.2 Å². The third-order valence-corrected chi connectivity index (χ3v) is 6.97. The number of carbonyl (C=O) groups is 1. The molecule has 0 atom stereocenters. The topological polar surface area (TPSA) is 57.3 Å². The van der Waals surface area contributed by atoms with Crippen LogP contribution in [0.25, 0.3) is 32.6 Å². The lowest BCUT2D eigenvalue weighted by atomic mass is 9.93. The Morgan fingerprint density at radius 1 is 1.15 bits per heavy atom. The van der Waals surface area contributed by atoms with Crippen molar-refractivity contribution in [2.24, 2.45) is 0 Å². The lowest BCUT2D eigenvalue weighted by molar-refractivity contribution is 0.0527. The molecular weight excluding hydrogens is 444 g/mol. The highest BCUT2D eigenvalue weighted by Gasteiger charge is 2.22. The number of aromatic nitrogens is 2. The van der Waals surface area contributed by atoms with Crippen LogP contribution in [0.3, 0.4) is 0 Å². The quantitative estimate of drug-likeness (QED) is 0.251. The summed E-state index contributed by atoms with van der Waals surface area (Å²) in [6, 6.07) is 16.3. The molecule has 5 nitrogen and oxygen atoms in total. The van der Waals surface area contributed by atoms with Crippen LogP contribution in [0.1, 0.15) is 55.0 Å². The van der Waals surface area contributed by atoms with E-state index in [0.29, 0.717) is 18.7 Å². The minimum absolute atomic E-state index is 0.00768. The molecule has 174 valence electrons. The van der Waals surface area contributed by atoms with Crippen LogP contribution >= 0.6 is 11.3 Å². The first-order chi connectivity index (χ1) is 16.3. The average Bonchev–Trinajstić information content (AvgIpc) is 3.50. The van der Waals surface area contributed by atoms with Crippen LogP contribution in [0, 0.1) is 6.92 Å². The van der Waals surface area contributed by atoms with Crippen molar-refractivity contribution in [3.63, 3.8) is 0 Å². The zero-order chi connectivity index (χ0) is 24.0. The molecule has 0 saturated heterocycles. The molecule has 5 aromatic rings. The smallest absolute Gasteiger partial charge is 0.340 e. The molecule has 0 bridgehead atoms. The van der Waals surface area contributed by atoms with Gasteiger partial charge in [0, 0.05) is 39.3 Å². The predicted molar refractivity (Wildman–Crippen MR) is 138 cm³/mol. The first-order valence-corrected chi connectivity index (χ1v) is 12.4. The summed E-state index contributed by atoms with van der Waals surface area (Å²) >= 11 is 1.61. The second-order valence-corrected chi connectivity index (χ2v) is 10.4. The van der Waals surface area contributed by atoms with Crippen LogP contribution in [-0.4, -0.2) is 22.1 Å². The second-order valence-electron chi connectivity index (χ2n) is 9.55. The van der Waals surface area contributed by atoms with E-state index in [1.54, 1.807) is 11.3 Å². The lowest BCUT2D eigenvalue weighted by Crippen LogP contribution is -2.11. The Bertz CT molecular complexity index is 1510. The predicted octanol–water partition coefficient (Wildman–Crippen LogP) is 7.34. The van der Waals surface area contributed by atoms with Gasteiger partial charge in [0.05, 0.1) is 17.9 Å². The fourth-order valence-corrected chi connectivity index (χ4v) is 5.30. The number of esters is 1. The molecule has 0 aliphatic carbocycles. The Labute approximate surface area is 203 Å². The number of hydrogen-bond donors (Lipinski definition) is 0. The number of benzene rings is 2. The molecule has 2 aromatic carbocycles. The van der Waals surface area contributed by atoms with Crippen molar-refractivity contribution in [3.05, 3.63) is 76.4 Å². The number of furan rings is 1. The number of ether oxygens (including phenoxy) is 1. The molecule has 0 fully saturated rings. The number of rotatable bonds is 5. The molecule has 3 aromatic heterocycles. The fourth-order valence-electron chi connectivity index (χ4n) is 4.31. The first-order valence-electron chi connectivity index (χ1n) is 11.5. The van der Waals surface area contributed by atoms with Gasteiger partial charge in [0.1, 0.15) is 5.58 Å². The van der Waals surface area contributed by atoms with Crippen molar-refractivity contribution in [2.45, 2.75) is 46.6 Å². The van der Waals surface area contributed by atoms with Gasteiger partial charge in [0.15, 0.2) is 10.8 Å². The maximum absolute atomic E-state index is 12.7. The van der Waals surface area contributed by atoms with Gasteiger partial charge < -0.3 is 13.7 Å². The fraction of sp³-hybridized carbons (Fsp3) is 0.286. The van der Waals surface area contributed by atoms with Gasteiger partial charge in [-0.15, -0.1) is 11.3 Å². The molecule has 0 unspecified atom stereocenters.